The Hall–Kier alpha value is -3.27. The summed E-state index contributed by atoms with van der Waals surface area (Å²) in [4.78, 5) is 67.3. The maximum Gasteiger partial charge on any atom is 0.323 e. The number of ether oxygens (including phenoxy) is 1. The number of likely N-dealkylation sites (tertiary alicyclic amines) is 2. The highest BCUT2D eigenvalue weighted by Gasteiger charge is 2.47. The average molecular weight is 442 g/mol. The van der Waals surface area contributed by atoms with Gasteiger partial charge in [-0.05, 0) is 50.6 Å². The van der Waals surface area contributed by atoms with E-state index in [9.17, 15) is 24.0 Å². The molecular formula is C22H26N4O6. The zero-order valence-corrected chi connectivity index (χ0v) is 17.9. The van der Waals surface area contributed by atoms with Crippen molar-refractivity contribution in [1.29, 1.82) is 0 Å². The number of likely N-dealkylation sites (N-methyl/N-ethyl adjacent to an activating group) is 1. The van der Waals surface area contributed by atoms with Crippen molar-refractivity contribution < 1.29 is 28.7 Å². The molecular weight excluding hydrogens is 416 g/mol. The van der Waals surface area contributed by atoms with E-state index < -0.39 is 29.7 Å². The summed E-state index contributed by atoms with van der Waals surface area (Å²) in [5.41, 5.74) is 6.40. The van der Waals surface area contributed by atoms with Crippen molar-refractivity contribution in [2.24, 2.45) is 0 Å². The summed E-state index contributed by atoms with van der Waals surface area (Å²) in [5.74, 6) is -2.60. The number of hydrogen-bond donors (Lipinski definition) is 1. The molecule has 0 bridgehead atoms. The Kier molecular flexibility index (Phi) is 5.96. The molecule has 4 rings (SSSR count). The first-order chi connectivity index (χ1) is 15.3. The van der Waals surface area contributed by atoms with E-state index >= 15 is 0 Å². The third-order valence-electron chi connectivity index (χ3n) is 6.34. The molecule has 1 aromatic rings. The Morgan fingerprint density at radius 1 is 1.12 bits per heavy atom. The molecule has 2 N–H and O–H groups in total. The van der Waals surface area contributed by atoms with Gasteiger partial charge in [-0.25, -0.2) is 0 Å². The number of imide groups is 2. The number of nitrogen functional groups attached to an aromatic ring is 1. The maximum absolute atomic E-state index is 13.0. The van der Waals surface area contributed by atoms with Crippen molar-refractivity contribution >= 4 is 35.3 Å². The highest BCUT2D eigenvalue weighted by molar-refractivity contribution is 6.23. The van der Waals surface area contributed by atoms with Gasteiger partial charge in [-0.15, -0.1) is 0 Å². The van der Waals surface area contributed by atoms with Crippen molar-refractivity contribution in [2.75, 3.05) is 32.0 Å². The van der Waals surface area contributed by atoms with Gasteiger partial charge < -0.3 is 10.5 Å². The number of anilines is 1. The SMILES string of the molecule is CCN1CCCC1C(=O)OCCN1C(=O)CC[C@H](N2C(=O)c3ccc(N)cc3C2=O)C1=O. The second-order valence-electron chi connectivity index (χ2n) is 8.18. The Bertz CT molecular complexity index is 993. The average Bonchev–Trinajstić information content (AvgIpc) is 3.34. The zero-order chi connectivity index (χ0) is 23.0. The van der Waals surface area contributed by atoms with E-state index in [0.29, 0.717) is 5.69 Å². The summed E-state index contributed by atoms with van der Waals surface area (Å²) in [5, 5.41) is 0. The summed E-state index contributed by atoms with van der Waals surface area (Å²) in [7, 11) is 0. The van der Waals surface area contributed by atoms with E-state index in [-0.39, 0.29) is 49.1 Å². The highest BCUT2D eigenvalue weighted by Crippen LogP contribution is 2.30. The van der Waals surface area contributed by atoms with E-state index in [0.717, 1.165) is 35.7 Å². The molecule has 2 atom stereocenters. The number of esters is 1. The number of hydrogen-bond acceptors (Lipinski definition) is 8. The second-order valence-corrected chi connectivity index (χ2v) is 8.18. The van der Waals surface area contributed by atoms with Gasteiger partial charge in [0.1, 0.15) is 18.7 Å². The number of carbonyl (C=O) groups is 5. The summed E-state index contributed by atoms with van der Waals surface area (Å²) in [6.45, 7) is 3.32. The molecule has 0 saturated carbocycles. The predicted octanol–water partition coefficient (Wildman–Crippen LogP) is 0.410. The maximum atomic E-state index is 13.0. The molecule has 1 aromatic carbocycles. The lowest BCUT2D eigenvalue weighted by Gasteiger charge is -2.34. The van der Waals surface area contributed by atoms with E-state index in [2.05, 4.69) is 0 Å². The Balaban J connectivity index is 1.41. The molecule has 3 heterocycles. The standard InChI is InChI=1S/C22H26N4O6/c1-2-24-9-3-4-17(24)22(31)32-11-10-25-18(27)8-7-16(21(25)30)26-19(28)14-6-5-13(23)12-15(14)20(26)29/h5-6,12,16-17H,2-4,7-11,23H2,1H3/t16-,17?/m0/s1. The van der Waals surface area contributed by atoms with Gasteiger partial charge in [0.05, 0.1) is 17.7 Å². The molecule has 1 unspecified atom stereocenters. The van der Waals surface area contributed by atoms with Crippen LogP contribution in [0, 0.1) is 0 Å². The lowest BCUT2D eigenvalue weighted by molar-refractivity contribution is -0.157. The van der Waals surface area contributed by atoms with Crippen LogP contribution in [0.4, 0.5) is 5.69 Å². The van der Waals surface area contributed by atoms with Gasteiger partial charge >= 0.3 is 5.97 Å². The minimum atomic E-state index is -1.08. The van der Waals surface area contributed by atoms with Gasteiger partial charge in [-0.2, -0.15) is 0 Å². The minimum Gasteiger partial charge on any atom is -0.463 e. The van der Waals surface area contributed by atoms with Gasteiger partial charge in [0.15, 0.2) is 0 Å². The van der Waals surface area contributed by atoms with E-state index in [4.69, 9.17) is 10.5 Å². The predicted molar refractivity (Wildman–Crippen MR) is 112 cm³/mol. The van der Waals surface area contributed by atoms with Gasteiger partial charge in [0, 0.05) is 12.1 Å². The lowest BCUT2D eigenvalue weighted by atomic mass is 10.0. The molecule has 32 heavy (non-hydrogen) atoms. The van der Waals surface area contributed by atoms with Crippen molar-refractivity contribution in [1.82, 2.24) is 14.7 Å². The van der Waals surface area contributed by atoms with Crippen LogP contribution in [0.25, 0.3) is 0 Å². The minimum absolute atomic E-state index is 0.00609. The number of nitrogens with zero attached hydrogens (tertiary/aromatic N) is 3. The number of fused-ring (bicyclic) bond motifs is 1. The van der Waals surface area contributed by atoms with Crippen LogP contribution in [0.5, 0.6) is 0 Å². The van der Waals surface area contributed by atoms with Crippen LogP contribution in [0.3, 0.4) is 0 Å². The van der Waals surface area contributed by atoms with Crippen LogP contribution in [0.15, 0.2) is 18.2 Å². The lowest BCUT2D eigenvalue weighted by Crippen LogP contribution is -2.56. The van der Waals surface area contributed by atoms with Gasteiger partial charge in [-0.1, -0.05) is 6.92 Å². The molecule has 3 aliphatic heterocycles. The summed E-state index contributed by atoms with van der Waals surface area (Å²) in [6, 6.07) is 3.01. The molecule has 10 heteroatoms. The third-order valence-corrected chi connectivity index (χ3v) is 6.34. The molecule has 2 saturated heterocycles. The fourth-order valence-electron chi connectivity index (χ4n) is 4.66. The fourth-order valence-corrected chi connectivity index (χ4v) is 4.66. The highest BCUT2D eigenvalue weighted by atomic mass is 16.5. The molecule has 2 fully saturated rings. The molecule has 170 valence electrons. The number of piperidine rings is 1. The molecule has 10 nitrogen and oxygen atoms in total. The molecule has 3 aliphatic rings. The van der Waals surface area contributed by atoms with Crippen LogP contribution < -0.4 is 5.73 Å². The van der Waals surface area contributed by atoms with Crippen molar-refractivity contribution in [3.63, 3.8) is 0 Å². The quantitative estimate of drug-likeness (QED) is 0.381. The largest absolute Gasteiger partial charge is 0.463 e. The first-order valence-electron chi connectivity index (χ1n) is 10.9. The molecule has 0 spiro atoms. The van der Waals surface area contributed by atoms with Crippen LogP contribution in [0.1, 0.15) is 53.3 Å². The fraction of sp³-hybridized carbons (Fsp3) is 0.500. The summed E-state index contributed by atoms with van der Waals surface area (Å²) >= 11 is 0. The van der Waals surface area contributed by atoms with E-state index in [1.165, 1.54) is 18.2 Å². The number of rotatable bonds is 6. The van der Waals surface area contributed by atoms with Gasteiger partial charge in [0.25, 0.3) is 17.7 Å². The van der Waals surface area contributed by atoms with E-state index in [1.54, 1.807) is 0 Å². The smallest absolute Gasteiger partial charge is 0.323 e. The molecule has 0 radical (unpaired) electrons. The molecule has 0 aliphatic carbocycles. The van der Waals surface area contributed by atoms with Crippen LogP contribution >= 0.6 is 0 Å². The second kappa shape index (κ2) is 8.70. The third kappa shape index (κ3) is 3.75. The molecule has 0 aromatic heterocycles. The number of carbonyl (C=O) groups excluding carboxylic acids is 5. The van der Waals surface area contributed by atoms with Crippen molar-refractivity contribution in [3.8, 4) is 0 Å². The normalized spacial score (nSPS) is 23.8. The summed E-state index contributed by atoms with van der Waals surface area (Å²) < 4.78 is 5.34. The van der Waals surface area contributed by atoms with Crippen molar-refractivity contribution in [3.05, 3.63) is 29.3 Å². The van der Waals surface area contributed by atoms with Gasteiger partial charge in [0.2, 0.25) is 5.91 Å². The van der Waals surface area contributed by atoms with E-state index in [1.807, 2.05) is 11.8 Å². The Morgan fingerprint density at radius 3 is 2.62 bits per heavy atom. The number of benzene rings is 1. The monoisotopic (exact) mass is 442 g/mol. The van der Waals surface area contributed by atoms with Crippen LogP contribution in [0.2, 0.25) is 0 Å². The Morgan fingerprint density at radius 2 is 1.88 bits per heavy atom. The summed E-state index contributed by atoms with van der Waals surface area (Å²) in [6.07, 6.45) is 1.71. The number of nitrogens with two attached hydrogens (primary N) is 1. The van der Waals surface area contributed by atoms with Gasteiger partial charge in [-0.3, -0.25) is 38.7 Å². The van der Waals surface area contributed by atoms with Crippen LogP contribution in [-0.4, -0.2) is 82.6 Å². The zero-order valence-electron chi connectivity index (χ0n) is 17.9. The number of amides is 4. The first kappa shape index (κ1) is 21.9. The first-order valence-corrected chi connectivity index (χ1v) is 10.9. The topological polar surface area (TPSA) is 130 Å². The van der Waals surface area contributed by atoms with Crippen LogP contribution in [-0.2, 0) is 19.1 Å². The Labute approximate surface area is 185 Å². The van der Waals surface area contributed by atoms with Crippen molar-refractivity contribution in [2.45, 2.75) is 44.7 Å². The molecule has 4 amide bonds.